The summed E-state index contributed by atoms with van der Waals surface area (Å²) in [5.41, 5.74) is 3.17. The van der Waals surface area contributed by atoms with Gasteiger partial charge >= 0.3 is 0 Å². The number of amides is 2. The minimum atomic E-state index is 0.00560. The number of benzene rings is 1. The standard InChI is InChI=1S/C19H28N2O2/c1-4-5-6-18(22)21-9-7-16(8-10-21)19(23)20-17-12-14(2)11-15(3)13-17/h11-13,16H,4-10H2,1-3H3,(H,20,23). The van der Waals surface area contributed by atoms with Crippen LogP contribution >= 0.6 is 0 Å². The first-order valence-electron chi connectivity index (χ1n) is 8.66. The van der Waals surface area contributed by atoms with E-state index in [-0.39, 0.29) is 17.7 Å². The zero-order valence-corrected chi connectivity index (χ0v) is 14.5. The summed E-state index contributed by atoms with van der Waals surface area (Å²) in [6.45, 7) is 7.56. The van der Waals surface area contributed by atoms with Gasteiger partial charge in [0.05, 0.1) is 0 Å². The van der Waals surface area contributed by atoms with Crippen LogP contribution in [0.5, 0.6) is 0 Å². The minimum absolute atomic E-state index is 0.00560. The van der Waals surface area contributed by atoms with E-state index in [0.29, 0.717) is 19.5 Å². The molecule has 0 spiro atoms. The van der Waals surface area contributed by atoms with Gasteiger partial charge in [-0.15, -0.1) is 0 Å². The summed E-state index contributed by atoms with van der Waals surface area (Å²) in [6, 6.07) is 6.08. The molecule has 1 saturated heterocycles. The van der Waals surface area contributed by atoms with Crippen molar-refractivity contribution in [1.29, 1.82) is 0 Å². The molecule has 1 N–H and O–H groups in total. The predicted molar refractivity (Wildman–Crippen MR) is 93.4 cm³/mol. The Kier molecular flexibility index (Phi) is 6.20. The van der Waals surface area contributed by atoms with E-state index in [1.54, 1.807) is 0 Å². The number of hydrogen-bond donors (Lipinski definition) is 1. The van der Waals surface area contributed by atoms with Gasteiger partial charge in [-0.25, -0.2) is 0 Å². The van der Waals surface area contributed by atoms with Crippen LogP contribution in [0.3, 0.4) is 0 Å². The average molecular weight is 316 g/mol. The Morgan fingerprint density at radius 2 is 1.74 bits per heavy atom. The number of rotatable bonds is 5. The second-order valence-corrected chi connectivity index (χ2v) is 6.62. The molecule has 4 heteroatoms. The van der Waals surface area contributed by atoms with Crippen LogP contribution in [0.1, 0.15) is 50.2 Å². The lowest BCUT2D eigenvalue weighted by Crippen LogP contribution is -2.41. The molecule has 0 bridgehead atoms. The first-order chi connectivity index (χ1) is 11.0. The normalized spacial score (nSPS) is 15.5. The van der Waals surface area contributed by atoms with Gasteiger partial charge in [0, 0.05) is 31.1 Å². The van der Waals surface area contributed by atoms with Gasteiger partial charge in [0.1, 0.15) is 0 Å². The molecule has 23 heavy (non-hydrogen) atoms. The van der Waals surface area contributed by atoms with Crippen molar-refractivity contribution in [2.45, 2.75) is 52.9 Å². The third-order valence-corrected chi connectivity index (χ3v) is 4.45. The number of nitrogens with zero attached hydrogens (tertiary/aromatic N) is 1. The van der Waals surface area contributed by atoms with Gasteiger partial charge in [0.2, 0.25) is 11.8 Å². The van der Waals surface area contributed by atoms with Gasteiger partial charge in [-0.05, 0) is 56.4 Å². The summed E-state index contributed by atoms with van der Waals surface area (Å²) in [7, 11) is 0. The Bertz CT molecular complexity index is 540. The number of piperidine rings is 1. The first-order valence-corrected chi connectivity index (χ1v) is 8.66. The predicted octanol–water partition coefficient (Wildman–Crippen LogP) is 3.67. The maximum Gasteiger partial charge on any atom is 0.227 e. The van der Waals surface area contributed by atoms with E-state index in [9.17, 15) is 9.59 Å². The highest BCUT2D eigenvalue weighted by Gasteiger charge is 2.27. The summed E-state index contributed by atoms with van der Waals surface area (Å²) >= 11 is 0. The Morgan fingerprint density at radius 3 is 2.30 bits per heavy atom. The Labute approximate surface area is 139 Å². The Balaban J connectivity index is 1.85. The van der Waals surface area contributed by atoms with Gasteiger partial charge in [-0.1, -0.05) is 19.4 Å². The van der Waals surface area contributed by atoms with Crippen LogP contribution < -0.4 is 5.32 Å². The maximum absolute atomic E-state index is 12.4. The zero-order chi connectivity index (χ0) is 16.8. The summed E-state index contributed by atoms with van der Waals surface area (Å²) in [4.78, 5) is 26.4. The summed E-state index contributed by atoms with van der Waals surface area (Å²) in [6.07, 6.45) is 4.14. The molecule has 126 valence electrons. The molecule has 1 aliphatic heterocycles. The number of nitrogens with one attached hydrogen (secondary N) is 1. The Hall–Kier alpha value is -1.84. The average Bonchev–Trinajstić information content (AvgIpc) is 2.51. The molecule has 0 saturated carbocycles. The smallest absolute Gasteiger partial charge is 0.227 e. The van der Waals surface area contributed by atoms with Gasteiger partial charge in [0.15, 0.2) is 0 Å². The minimum Gasteiger partial charge on any atom is -0.343 e. The molecule has 0 atom stereocenters. The van der Waals surface area contributed by atoms with Crippen molar-refractivity contribution < 1.29 is 9.59 Å². The van der Waals surface area contributed by atoms with E-state index in [2.05, 4.69) is 18.3 Å². The molecule has 1 aliphatic rings. The Morgan fingerprint density at radius 1 is 1.13 bits per heavy atom. The summed E-state index contributed by atoms with van der Waals surface area (Å²) in [5, 5.41) is 3.03. The van der Waals surface area contributed by atoms with Crippen molar-refractivity contribution in [3.05, 3.63) is 29.3 Å². The van der Waals surface area contributed by atoms with Crippen LogP contribution in [-0.2, 0) is 9.59 Å². The molecule has 0 aliphatic carbocycles. The van der Waals surface area contributed by atoms with Crippen molar-refractivity contribution in [2.75, 3.05) is 18.4 Å². The quantitative estimate of drug-likeness (QED) is 0.901. The van der Waals surface area contributed by atoms with E-state index in [0.717, 1.165) is 42.5 Å². The molecule has 2 amide bonds. The molecule has 0 radical (unpaired) electrons. The highest BCUT2D eigenvalue weighted by molar-refractivity contribution is 5.93. The fraction of sp³-hybridized carbons (Fsp3) is 0.579. The highest BCUT2D eigenvalue weighted by atomic mass is 16.2. The molecular formula is C19H28N2O2. The topological polar surface area (TPSA) is 49.4 Å². The number of aryl methyl sites for hydroxylation is 2. The van der Waals surface area contributed by atoms with E-state index in [1.165, 1.54) is 0 Å². The van der Waals surface area contributed by atoms with Gasteiger partial charge in [-0.2, -0.15) is 0 Å². The van der Waals surface area contributed by atoms with Crippen LogP contribution in [0.25, 0.3) is 0 Å². The molecule has 1 aromatic carbocycles. The van der Waals surface area contributed by atoms with Gasteiger partial charge in [0.25, 0.3) is 0 Å². The third-order valence-electron chi connectivity index (χ3n) is 4.45. The molecule has 4 nitrogen and oxygen atoms in total. The van der Waals surface area contributed by atoms with E-state index >= 15 is 0 Å². The highest BCUT2D eigenvalue weighted by Crippen LogP contribution is 2.21. The molecule has 1 fully saturated rings. The number of carbonyl (C=O) groups excluding carboxylic acids is 2. The fourth-order valence-electron chi connectivity index (χ4n) is 3.17. The van der Waals surface area contributed by atoms with Gasteiger partial charge in [-0.3, -0.25) is 9.59 Å². The number of hydrogen-bond acceptors (Lipinski definition) is 2. The molecule has 0 unspecified atom stereocenters. The number of likely N-dealkylation sites (tertiary alicyclic amines) is 1. The van der Waals surface area contributed by atoms with Crippen LogP contribution in [0, 0.1) is 19.8 Å². The SMILES string of the molecule is CCCCC(=O)N1CCC(C(=O)Nc2cc(C)cc(C)c2)CC1. The van der Waals surface area contributed by atoms with Gasteiger partial charge < -0.3 is 10.2 Å². The lowest BCUT2D eigenvalue weighted by atomic mass is 9.95. The second-order valence-electron chi connectivity index (χ2n) is 6.62. The molecule has 1 heterocycles. The number of unbranched alkanes of at least 4 members (excludes halogenated alkanes) is 1. The van der Waals surface area contributed by atoms with E-state index < -0.39 is 0 Å². The maximum atomic E-state index is 12.4. The van der Waals surface area contributed by atoms with Crippen molar-refractivity contribution in [3.63, 3.8) is 0 Å². The van der Waals surface area contributed by atoms with Crippen molar-refractivity contribution in [2.24, 2.45) is 5.92 Å². The lowest BCUT2D eigenvalue weighted by Gasteiger charge is -2.31. The van der Waals surface area contributed by atoms with Crippen molar-refractivity contribution in [1.82, 2.24) is 4.90 Å². The van der Waals surface area contributed by atoms with Crippen LogP contribution in [0.4, 0.5) is 5.69 Å². The second kappa shape index (κ2) is 8.14. The molecule has 1 aromatic rings. The van der Waals surface area contributed by atoms with E-state index in [1.807, 2.05) is 30.9 Å². The molecular weight excluding hydrogens is 288 g/mol. The zero-order valence-electron chi connectivity index (χ0n) is 14.5. The largest absolute Gasteiger partial charge is 0.343 e. The fourth-order valence-corrected chi connectivity index (χ4v) is 3.17. The van der Waals surface area contributed by atoms with Crippen LogP contribution in [0.15, 0.2) is 18.2 Å². The summed E-state index contributed by atoms with van der Waals surface area (Å²) in [5.74, 6) is 0.321. The van der Waals surface area contributed by atoms with Crippen molar-refractivity contribution in [3.8, 4) is 0 Å². The monoisotopic (exact) mass is 316 g/mol. The number of carbonyl (C=O) groups is 2. The van der Waals surface area contributed by atoms with Crippen molar-refractivity contribution >= 4 is 17.5 Å². The first kappa shape index (κ1) is 17.5. The molecule has 0 aromatic heterocycles. The van der Waals surface area contributed by atoms with Crippen LogP contribution in [0.2, 0.25) is 0 Å². The number of anilines is 1. The summed E-state index contributed by atoms with van der Waals surface area (Å²) < 4.78 is 0. The third kappa shape index (κ3) is 5.08. The van der Waals surface area contributed by atoms with Crippen LogP contribution in [-0.4, -0.2) is 29.8 Å². The molecule has 2 rings (SSSR count). The lowest BCUT2D eigenvalue weighted by molar-refractivity contribution is -0.134. The van der Waals surface area contributed by atoms with E-state index in [4.69, 9.17) is 0 Å².